The molecule has 0 aliphatic carbocycles. The lowest BCUT2D eigenvalue weighted by atomic mass is 9.96. The van der Waals surface area contributed by atoms with Crippen molar-refractivity contribution in [2.45, 2.75) is 16.4 Å². The summed E-state index contributed by atoms with van der Waals surface area (Å²) in [6.07, 6.45) is 2.77. The van der Waals surface area contributed by atoms with Gasteiger partial charge in [-0.3, -0.25) is 5.32 Å². The van der Waals surface area contributed by atoms with E-state index in [1.807, 2.05) is 18.2 Å². The average Bonchev–Trinajstić information content (AvgIpc) is 2.61. The van der Waals surface area contributed by atoms with Gasteiger partial charge < -0.3 is 0 Å². The fourth-order valence-corrected chi connectivity index (χ4v) is 4.28. The Morgan fingerprint density at radius 1 is 1.17 bits per heavy atom. The minimum Gasteiger partial charge on any atom is -0.268 e. The molecule has 3 rings (SSSR count). The maximum atomic E-state index is 4.93. The largest absolute Gasteiger partial charge is 0.268 e. The molecule has 0 unspecified atom stereocenters. The van der Waals surface area contributed by atoms with Gasteiger partial charge >= 0.3 is 0 Å². The third-order valence-corrected chi connectivity index (χ3v) is 5.82. The van der Waals surface area contributed by atoms with Crippen LogP contribution in [0.3, 0.4) is 0 Å². The van der Waals surface area contributed by atoms with Crippen LogP contribution in [0.5, 0.6) is 0 Å². The lowest BCUT2D eigenvalue weighted by Crippen LogP contribution is -2.43. The first-order valence-corrected chi connectivity index (χ1v) is 9.38. The number of thioether (sulfide) groups is 1. The molecule has 2 aromatic carbocycles. The van der Waals surface area contributed by atoms with Crippen LogP contribution in [0.15, 0.2) is 78.3 Å². The highest BCUT2D eigenvalue weighted by Crippen LogP contribution is 2.39. The molecule has 2 atom stereocenters. The maximum absolute atomic E-state index is 4.93. The van der Waals surface area contributed by atoms with Crippen molar-refractivity contribution >= 4 is 33.4 Å². The van der Waals surface area contributed by atoms with E-state index >= 15 is 0 Å². The van der Waals surface area contributed by atoms with Crippen LogP contribution in [0.1, 0.15) is 23.6 Å². The van der Waals surface area contributed by atoms with E-state index in [2.05, 4.69) is 76.4 Å². The van der Waals surface area contributed by atoms with E-state index in [1.54, 1.807) is 11.8 Å². The Hall–Kier alpha value is -1.36. The van der Waals surface area contributed by atoms with Crippen LogP contribution < -0.4 is 5.32 Å². The zero-order valence-electron chi connectivity index (χ0n) is 12.8. The van der Waals surface area contributed by atoms with E-state index in [-0.39, 0.29) is 6.04 Å². The highest BCUT2D eigenvalue weighted by atomic mass is 79.9. The maximum Gasteiger partial charge on any atom is 0.215 e. The first-order chi connectivity index (χ1) is 11.2. The fraction of sp³-hybridized carbons (Fsp3) is 0.211. The van der Waals surface area contributed by atoms with Gasteiger partial charge in [-0.25, -0.2) is 4.99 Å². The molecule has 0 aromatic heterocycles. The molecule has 118 valence electrons. The molecule has 0 amide bonds. The Morgan fingerprint density at radius 3 is 2.48 bits per heavy atom. The van der Waals surface area contributed by atoms with E-state index in [0.717, 1.165) is 17.9 Å². The van der Waals surface area contributed by atoms with E-state index < -0.39 is 3.90 Å². The summed E-state index contributed by atoms with van der Waals surface area (Å²) in [6, 6.07) is 21.2. The van der Waals surface area contributed by atoms with Crippen LogP contribution in [-0.4, -0.2) is 15.4 Å². The molecule has 1 aliphatic rings. The molecule has 0 saturated heterocycles. The lowest BCUT2D eigenvalue weighted by molar-refractivity contribution is 0.496. The van der Waals surface area contributed by atoms with Crippen molar-refractivity contribution in [1.82, 2.24) is 5.32 Å². The molecule has 0 saturated carbocycles. The Bertz CT molecular complexity index is 687. The number of nitrogens with one attached hydrogen (secondary N) is 1. The van der Waals surface area contributed by atoms with Crippen molar-refractivity contribution in [2.24, 2.45) is 4.99 Å². The van der Waals surface area contributed by atoms with E-state index in [0.29, 0.717) is 0 Å². The second-order valence-electron chi connectivity index (χ2n) is 5.40. The van der Waals surface area contributed by atoms with Crippen molar-refractivity contribution in [2.75, 3.05) is 5.75 Å². The molecule has 1 heterocycles. The average molecular weight is 387 g/mol. The van der Waals surface area contributed by atoms with Gasteiger partial charge in [-0.15, -0.1) is 18.3 Å². The number of hydrogen-bond donors (Lipinski definition) is 1. The topological polar surface area (TPSA) is 24.4 Å². The smallest absolute Gasteiger partial charge is 0.215 e. The highest BCUT2D eigenvalue weighted by molar-refractivity contribution is 9.11. The zero-order valence-corrected chi connectivity index (χ0v) is 15.2. The lowest BCUT2D eigenvalue weighted by Gasteiger charge is -2.35. The minimum atomic E-state index is -0.523. The third kappa shape index (κ3) is 4.14. The Morgan fingerprint density at radius 2 is 1.83 bits per heavy atom. The van der Waals surface area contributed by atoms with E-state index in [9.17, 15) is 0 Å². The molecular formula is C19H19BrN2S. The quantitative estimate of drug-likeness (QED) is 0.437. The number of rotatable bonds is 5. The predicted molar refractivity (Wildman–Crippen MR) is 104 cm³/mol. The van der Waals surface area contributed by atoms with Crippen molar-refractivity contribution in [3.63, 3.8) is 0 Å². The van der Waals surface area contributed by atoms with Gasteiger partial charge in [-0.05, 0) is 27.1 Å². The summed E-state index contributed by atoms with van der Waals surface area (Å²) in [7, 11) is 0. The molecule has 1 aliphatic heterocycles. The van der Waals surface area contributed by atoms with Crippen LogP contribution in [-0.2, 0) is 0 Å². The summed E-state index contributed by atoms with van der Waals surface area (Å²) in [5, 5.41) is 3.63. The SMILES string of the molecule is C=CCS[C@]1(Br)N=C(c2ccccc2)C[C@H](c2ccccc2)N1. The van der Waals surface area contributed by atoms with Crippen molar-refractivity contribution in [3.8, 4) is 0 Å². The van der Waals surface area contributed by atoms with E-state index in [1.165, 1.54) is 11.1 Å². The fourth-order valence-electron chi connectivity index (χ4n) is 2.65. The van der Waals surface area contributed by atoms with Gasteiger partial charge in [0.05, 0.1) is 0 Å². The molecular weight excluding hydrogens is 368 g/mol. The van der Waals surface area contributed by atoms with Gasteiger partial charge in [0, 0.05) is 23.9 Å². The number of benzene rings is 2. The van der Waals surface area contributed by atoms with Crippen molar-refractivity contribution < 1.29 is 0 Å². The van der Waals surface area contributed by atoms with Gasteiger partial charge in [0.15, 0.2) is 0 Å². The standard InChI is InChI=1S/C19H19BrN2S/c1-2-13-23-19(20)21-17(15-9-5-3-6-10-15)14-18(22-19)16-11-7-4-8-12-16/h2-12,17,21H,1,13-14H2/t17-,19+/m1/s1. The molecule has 2 aromatic rings. The third-order valence-electron chi connectivity index (χ3n) is 3.73. The van der Waals surface area contributed by atoms with Crippen LogP contribution in [0.2, 0.25) is 0 Å². The summed E-state index contributed by atoms with van der Waals surface area (Å²) in [5.41, 5.74) is 3.57. The van der Waals surface area contributed by atoms with Crippen LogP contribution >= 0.6 is 27.7 Å². The minimum absolute atomic E-state index is 0.223. The van der Waals surface area contributed by atoms with Crippen LogP contribution in [0.25, 0.3) is 0 Å². The molecule has 0 fully saturated rings. The summed E-state index contributed by atoms with van der Waals surface area (Å²) < 4.78 is -0.523. The Kier molecular flexibility index (Phi) is 5.36. The molecule has 1 N–H and O–H groups in total. The highest BCUT2D eigenvalue weighted by Gasteiger charge is 2.35. The first-order valence-electron chi connectivity index (χ1n) is 7.61. The Balaban J connectivity index is 1.95. The molecule has 0 radical (unpaired) electrons. The van der Waals surface area contributed by atoms with Crippen LogP contribution in [0.4, 0.5) is 0 Å². The zero-order chi connectivity index (χ0) is 16.1. The number of aliphatic imine (C=N–C) groups is 1. The molecule has 23 heavy (non-hydrogen) atoms. The number of alkyl halides is 1. The summed E-state index contributed by atoms with van der Waals surface area (Å²) in [5.74, 6) is 0.825. The molecule has 0 spiro atoms. The normalized spacial score (nSPS) is 24.0. The van der Waals surface area contributed by atoms with Crippen molar-refractivity contribution in [3.05, 3.63) is 84.4 Å². The summed E-state index contributed by atoms with van der Waals surface area (Å²) in [4.78, 5) is 4.93. The number of nitrogens with zero attached hydrogens (tertiary/aromatic N) is 1. The van der Waals surface area contributed by atoms with Gasteiger partial charge in [0.1, 0.15) is 0 Å². The molecule has 4 heteroatoms. The molecule has 0 bridgehead atoms. The van der Waals surface area contributed by atoms with Crippen LogP contribution in [0, 0.1) is 0 Å². The van der Waals surface area contributed by atoms with E-state index in [4.69, 9.17) is 4.99 Å². The van der Waals surface area contributed by atoms with Gasteiger partial charge in [0.2, 0.25) is 3.90 Å². The predicted octanol–water partition coefficient (Wildman–Crippen LogP) is 5.14. The number of halogens is 1. The monoisotopic (exact) mass is 386 g/mol. The number of hydrogen-bond acceptors (Lipinski definition) is 3. The summed E-state index contributed by atoms with van der Waals surface area (Å²) in [6.45, 7) is 3.81. The molecule has 2 nitrogen and oxygen atoms in total. The van der Waals surface area contributed by atoms with Gasteiger partial charge in [0.25, 0.3) is 0 Å². The van der Waals surface area contributed by atoms with Crippen molar-refractivity contribution in [1.29, 1.82) is 0 Å². The van der Waals surface area contributed by atoms with Gasteiger partial charge in [-0.2, -0.15) is 0 Å². The second-order valence-corrected chi connectivity index (χ2v) is 8.28. The first kappa shape index (κ1) is 16.5. The van der Waals surface area contributed by atoms with Gasteiger partial charge in [-0.1, -0.05) is 66.7 Å². The Labute approximate surface area is 150 Å². The summed E-state index contributed by atoms with van der Waals surface area (Å²) >= 11 is 5.49. The second kappa shape index (κ2) is 7.47.